The van der Waals surface area contributed by atoms with Gasteiger partial charge in [-0.1, -0.05) is 0 Å². The highest BCUT2D eigenvalue weighted by Gasteiger charge is 2.20. The van der Waals surface area contributed by atoms with Gasteiger partial charge >= 0.3 is 0 Å². The van der Waals surface area contributed by atoms with Crippen LogP contribution in [0.4, 0.5) is 5.69 Å². The van der Waals surface area contributed by atoms with Crippen molar-refractivity contribution in [1.29, 1.82) is 0 Å². The molecule has 1 saturated heterocycles. The summed E-state index contributed by atoms with van der Waals surface area (Å²) in [5, 5.41) is 14.4. The normalized spacial score (nSPS) is 21.4. The fourth-order valence-corrected chi connectivity index (χ4v) is 2.34. The molecular formula is C10H14N2O3S. The second kappa shape index (κ2) is 4.04. The van der Waals surface area contributed by atoms with Crippen molar-refractivity contribution in [2.75, 3.05) is 18.0 Å². The highest BCUT2D eigenvalue weighted by Crippen LogP contribution is 2.21. The van der Waals surface area contributed by atoms with Crippen LogP contribution >= 0.6 is 0 Å². The molecule has 1 atom stereocenters. The Morgan fingerprint density at radius 2 is 1.94 bits per heavy atom. The third-order valence-corrected chi connectivity index (χ3v) is 3.62. The summed E-state index contributed by atoms with van der Waals surface area (Å²) in [6.07, 6.45) is 0.453. The zero-order valence-electron chi connectivity index (χ0n) is 8.70. The lowest BCUT2D eigenvalue weighted by atomic mass is 10.3. The van der Waals surface area contributed by atoms with Gasteiger partial charge in [-0.25, -0.2) is 13.6 Å². The molecule has 0 saturated carbocycles. The third-order valence-electron chi connectivity index (χ3n) is 2.69. The van der Waals surface area contributed by atoms with E-state index < -0.39 is 10.0 Å². The van der Waals surface area contributed by atoms with Crippen LogP contribution in [-0.4, -0.2) is 32.7 Å². The monoisotopic (exact) mass is 242 g/mol. The molecule has 1 fully saturated rings. The van der Waals surface area contributed by atoms with Gasteiger partial charge in [-0.3, -0.25) is 0 Å². The van der Waals surface area contributed by atoms with Crippen molar-refractivity contribution in [2.45, 2.75) is 17.4 Å². The van der Waals surface area contributed by atoms with E-state index >= 15 is 0 Å². The molecule has 0 aromatic heterocycles. The van der Waals surface area contributed by atoms with E-state index in [-0.39, 0.29) is 11.0 Å². The molecule has 1 aromatic rings. The van der Waals surface area contributed by atoms with Gasteiger partial charge in [0.05, 0.1) is 11.0 Å². The maximum Gasteiger partial charge on any atom is 0.238 e. The maximum atomic E-state index is 11.0. The molecule has 1 aliphatic rings. The summed E-state index contributed by atoms with van der Waals surface area (Å²) >= 11 is 0. The fraction of sp³-hybridized carbons (Fsp3) is 0.400. The summed E-state index contributed by atoms with van der Waals surface area (Å²) in [5.74, 6) is 0. The molecule has 0 unspecified atom stereocenters. The van der Waals surface area contributed by atoms with E-state index in [4.69, 9.17) is 5.14 Å². The van der Waals surface area contributed by atoms with Gasteiger partial charge in [0, 0.05) is 18.8 Å². The first-order chi connectivity index (χ1) is 7.47. The molecule has 0 aliphatic carbocycles. The summed E-state index contributed by atoms with van der Waals surface area (Å²) in [4.78, 5) is 2.12. The highest BCUT2D eigenvalue weighted by molar-refractivity contribution is 7.89. The number of aliphatic hydroxyl groups is 1. The summed E-state index contributed by atoms with van der Waals surface area (Å²) in [6, 6.07) is 6.38. The van der Waals surface area contributed by atoms with Crippen LogP contribution in [0.15, 0.2) is 29.2 Å². The van der Waals surface area contributed by atoms with Crippen LogP contribution in [0.5, 0.6) is 0 Å². The van der Waals surface area contributed by atoms with Crippen molar-refractivity contribution in [3.05, 3.63) is 24.3 Å². The lowest BCUT2D eigenvalue weighted by Gasteiger charge is -2.17. The highest BCUT2D eigenvalue weighted by atomic mass is 32.2. The Labute approximate surface area is 94.5 Å². The van der Waals surface area contributed by atoms with Crippen LogP contribution < -0.4 is 10.0 Å². The molecule has 1 aliphatic heterocycles. The first-order valence-corrected chi connectivity index (χ1v) is 6.57. The Balaban J connectivity index is 2.20. The topological polar surface area (TPSA) is 83.6 Å². The Kier molecular flexibility index (Phi) is 2.88. The molecule has 0 amide bonds. The lowest BCUT2D eigenvalue weighted by Crippen LogP contribution is -2.21. The molecule has 1 aromatic carbocycles. The fourth-order valence-electron chi connectivity index (χ4n) is 1.82. The van der Waals surface area contributed by atoms with Crippen LogP contribution in [0, 0.1) is 0 Å². The number of hydrogen-bond donors (Lipinski definition) is 2. The molecule has 6 heteroatoms. The quantitative estimate of drug-likeness (QED) is 0.759. The number of primary sulfonamides is 1. The number of β-amino-alcohol motifs (C(OH)–C–C–N with tert-alkyl or cyclic N) is 1. The smallest absolute Gasteiger partial charge is 0.238 e. The SMILES string of the molecule is NS(=O)(=O)c1ccc(N2CC[C@@H](O)C2)cc1. The zero-order chi connectivity index (χ0) is 11.8. The van der Waals surface area contributed by atoms with Crippen molar-refractivity contribution in [2.24, 2.45) is 5.14 Å². The Morgan fingerprint density at radius 3 is 2.38 bits per heavy atom. The van der Waals surface area contributed by atoms with Crippen LogP contribution in [0.25, 0.3) is 0 Å². The minimum absolute atomic E-state index is 0.107. The number of anilines is 1. The van der Waals surface area contributed by atoms with Gasteiger partial charge in [-0.05, 0) is 30.7 Å². The van der Waals surface area contributed by atoms with Crippen molar-refractivity contribution < 1.29 is 13.5 Å². The summed E-state index contributed by atoms with van der Waals surface area (Å²) in [5.41, 5.74) is 0.906. The van der Waals surface area contributed by atoms with Crippen LogP contribution in [0.3, 0.4) is 0 Å². The van der Waals surface area contributed by atoms with Crippen molar-refractivity contribution in [3.8, 4) is 0 Å². The number of benzene rings is 1. The number of sulfonamides is 1. The van der Waals surface area contributed by atoms with Crippen molar-refractivity contribution in [1.82, 2.24) is 0 Å². The van der Waals surface area contributed by atoms with E-state index in [0.29, 0.717) is 6.54 Å². The average Bonchev–Trinajstić information content (AvgIpc) is 2.64. The van der Waals surface area contributed by atoms with Crippen molar-refractivity contribution in [3.63, 3.8) is 0 Å². The molecule has 3 N–H and O–H groups in total. The van der Waals surface area contributed by atoms with E-state index in [2.05, 4.69) is 0 Å². The first kappa shape index (κ1) is 11.4. The Morgan fingerprint density at radius 1 is 1.31 bits per heavy atom. The molecule has 1 heterocycles. The lowest BCUT2D eigenvalue weighted by molar-refractivity contribution is 0.198. The van der Waals surface area contributed by atoms with Gasteiger partial charge in [0.2, 0.25) is 10.0 Å². The van der Waals surface area contributed by atoms with Gasteiger partial charge in [-0.15, -0.1) is 0 Å². The Hall–Kier alpha value is -1.11. The van der Waals surface area contributed by atoms with Crippen molar-refractivity contribution >= 4 is 15.7 Å². The molecule has 0 spiro atoms. The van der Waals surface area contributed by atoms with E-state index in [1.54, 1.807) is 12.1 Å². The van der Waals surface area contributed by atoms with E-state index in [9.17, 15) is 13.5 Å². The largest absolute Gasteiger partial charge is 0.391 e. The first-order valence-electron chi connectivity index (χ1n) is 5.03. The third kappa shape index (κ3) is 2.34. The molecule has 2 rings (SSSR count). The second-order valence-electron chi connectivity index (χ2n) is 3.93. The summed E-state index contributed by atoms with van der Waals surface area (Å²) in [6.45, 7) is 1.38. The summed E-state index contributed by atoms with van der Waals surface area (Å²) < 4.78 is 22.1. The predicted octanol–water partition coefficient (Wildman–Crippen LogP) is -0.0950. The minimum Gasteiger partial charge on any atom is -0.391 e. The minimum atomic E-state index is -3.62. The second-order valence-corrected chi connectivity index (χ2v) is 5.49. The van der Waals surface area contributed by atoms with Gasteiger partial charge in [-0.2, -0.15) is 0 Å². The molecule has 88 valence electrons. The molecule has 0 bridgehead atoms. The van der Waals surface area contributed by atoms with Crippen LogP contribution in [-0.2, 0) is 10.0 Å². The maximum absolute atomic E-state index is 11.0. The molecule has 5 nitrogen and oxygen atoms in total. The van der Waals surface area contributed by atoms with Gasteiger partial charge in [0.25, 0.3) is 0 Å². The number of nitrogens with zero attached hydrogens (tertiary/aromatic N) is 1. The number of nitrogens with two attached hydrogens (primary N) is 1. The van der Waals surface area contributed by atoms with Gasteiger partial charge in [0.15, 0.2) is 0 Å². The van der Waals surface area contributed by atoms with Gasteiger partial charge in [0.1, 0.15) is 0 Å². The number of rotatable bonds is 2. The van der Waals surface area contributed by atoms with Gasteiger partial charge < -0.3 is 10.0 Å². The molecular weight excluding hydrogens is 228 g/mol. The van der Waals surface area contributed by atoms with E-state index in [1.165, 1.54) is 12.1 Å². The molecule has 16 heavy (non-hydrogen) atoms. The molecule has 0 radical (unpaired) electrons. The predicted molar refractivity (Wildman–Crippen MR) is 60.7 cm³/mol. The standard InChI is InChI=1S/C10H14N2O3S/c11-16(14,15)10-3-1-8(2-4-10)12-6-5-9(13)7-12/h1-4,9,13H,5-7H2,(H2,11,14,15)/t9-/m1/s1. The zero-order valence-corrected chi connectivity index (χ0v) is 9.52. The number of hydrogen-bond acceptors (Lipinski definition) is 4. The summed E-state index contributed by atoms with van der Waals surface area (Å²) in [7, 11) is -3.62. The number of aliphatic hydroxyl groups excluding tert-OH is 1. The van der Waals surface area contributed by atoms with Crippen LogP contribution in [0.2, 0.25) is 0 Å². The van der Waals surface area contributed by atoms with E-state index in [0.717, 1.165) is 18.7 Å². The Bertz CT molecular complexity index is 469. The van der Waals surface area contributed by atoms with Crippen LogP contribution in [0.1, 0.15) is 6.42 Å². The average molecular weight is 242 g/mol. The van der Waals surface area contributed by atoms with E-state index in [1.807, 2.05) is 4.90 Å².